The molecule has 0 fully saturated rings. The van der Waals surface area contributed by atoms with Crippen LogP contribution < -0.4 is 4.90 Å². The molecule has 1 aromatic heterocycles. The monoisotopic (exact) mass is 242 g/mol. The first-order chi connectivity index (χ1) is 8.49. The van der Waals surface area contributed by atoms with Crippen molar-refractivity contribution in [2.24, 2.45) is 5.92 Å². The van der Waals surface area contributed by atoms with Crippen LogP contribution in [-0.4, -0.2) is 19.1 Å². The molecule has 96 valence electrons. The summed E-state index contributed by atoms with van der Waals surface area (Å²) >= 11 is 0. The Morgan fingerprint density at radius 2 is 1.94 bits per heavy atom. The van der Waals surface area contributed by atoms with Gasteiger partial charge >= 0.3 is 0 Å². The van der Waals surface area contributed by atoms with Crippen LogP contribution in [0.4, 0.5) is 5.69 Å². The molecule has 0 amide bonds. The molecule has 0 aliphatic carbocycles. The Balaban J connectivity index is 2.64. The standard InChI is InChI=1S/C16H22N2/c1-11(2)8-14-12(3)10-17-16-7-6-13(18(4)5)9-15(14)16/h6-7,9-11H,8H2,1-5H3. The Labute approximate surface area is 110 Å². The highest BCUT2D eigenvalue weighted by atomic mass is 15.1. The molecule has 0 bridgehead atoms. The third-order valence-electron chi connectivity index (χ3n) is 3.31. The van der Waals surface area contributed by atoms with E-state index in [1.54, 1.807) is 0 Å². The summed E-state index contributed by atoms with van der Waals surface area (Å²) in [4.78, 5) is 6.67. The maximum Gasteiger partial charge on any atom is 0.0706 e. The highest BCUT2D eigenvalue weighted by molar-refractivity contribution is 5.86. The van der Waals surface area contributed by atoms with E-state index in [2.05, 4.69) is 62.9 Å². The van der Waals surface area contributed by atoms with Crippen molar-refractivity contribution in [2.75, 3.05) is 19.0 Å². The Kier molecular flexibility index (Phi) is 3.55. The number of hydrogen-bond donors (Lipinski definition) is 0. The molecule has 0 spiro atoms. The smallest absolute Gasteiger partial charge is 0.0706 e. The summed E-state index contributed by atoms with van der Waals surface area (Å²) in [6, 6.07) is 6.50. The van der Waals surface area contributed by atoms with Gasteiger partial charge in [0.2, 0.25) is 0 Å². The molecule has 0 unspecified atom stereocenters. The summed E-state index contributed by atoms with van der Waals surface area (Å²) < 4.78 is 0. The molecule has 0 atom stereocenters. The van der Waals surface area contributed by atoms with Crippen LogP contribution in [0.2, 0.25) is 0 Å². The molecule has 2 rings (SSSR count). The summed E-state index contributed by atoms with van der Waals surface area (Å²) in [5.41, 5.74) is 5.08. The predicted molar refractivity (Wildman–Crippen MR) is 79.3 cm³/mol. The number of nitrogens with zero attached hydrogens (tertiary/aromatic N) is 2. The molecule has 0 saturated heterocycles. The molecule has 0 radical (unpaired) electrons. The van der Waals surface area contributed by atoms with Gasteiger partial charge in [-0.15, -0.1) is 0 Å². The van der Waals surface area contributed by atoms with Crippen molar-refractivity contribution in [1.82, 2.24) is 4.98 Å². The largest absolute Gasteiger partial charge is 0.378 e. The molecule has 2 nitrogen and oxygen atoms in total. The average molecular weight is 242 g/mol. The molecule has 18 heavy (non-hydrogen) atoms. The van der Waals surface area contributed by atoms with Crippen LogP contribution >= 0.6 is 0 Å². The molecule has 1 aromatic carbocycles. The predicted octanol–water partition coefficient (Wildman–Crippen LogP) is 3.81. The summed E-state index contributed by atoms with van der Waals surface area (Å²) in [5.74, 6) is 0.664. The minimum atomic E-state index is 0.664. The number of rotatable bonds is 3. The molecule has 0 N–H and O–H groups in total. The molecule has 0 aliphatic rings. The van der Waals surface area contributed by atoms with Crippen molar-refractivity contribution in [3.63, 3.8) is 0 Å². The lowest BCUT2D eigenvalue weighted by atomic mass is 9.95. The molecule has 2 aromatic rings. The first-order valence-electron chi connectivity index (χ1n) is 6.54. The normalized spacial score (nSPS) is 11.2. The lowest BCUT2D eigenvalue weighted by molar-refractivity contribution is 0.647. The Morgan fingerprint density at radius 3 is 2.56 bits per heavy atom. The number of anilines is 1. The SMILES string of the molecule is Cc1cnc2ccc(N(C)C)cc2c1CC(C)C. The van der Waals surface area contributed by atoms with Crippen molar-refractivity contribution in [3.8, 4) is 0 Å². The number of hydrogen-bond acceptors (Lipinski definition) is 2. The zero-order valence-corrected chi connectivity index (χ0v) is 12.0. The minimum Gasteiger partial charge on any atom is -0.378 e. The average Bonchev–Trinajstić information content (AvgIpc) is 2.31. The van der Waals surface area contributed by atoms with Gasteiger partial charge < -0.3 is 4.90 Å². The van der Waals surface area contributed by atoms with E-state index in [9.17, 15) is 0 Å². The summed E-state index contributed by atoms with van der Waals surface area (Å²) in [6.45, 7) is 6.69. The van der Waals surface area contributed by atoms with E-state index >= 15 is 0 Å². The second-order valence-electron chi connectivity index (χ2n) is 5.61. The number of fused-ring (bicyclic) bond motifs is 1. The maximum atomic E-state index is 4.53. The van der Waals surface area contributed by atoms with Gasteiger partial charge in [0.1, 0.15) is 0 Å². The molecule has 0 aliphatic heterocycles. The molecule has 2 heteroatoms. The molecule has 0 saturated carbocycles. The first kappa shape index (κ1) is 12.9. The second-order valence-corrected chi connectivity index (χ2v) is 5.61. The van der Waals surface area contributed by atoms with Gasteiger partial charge in [0.05, 0.1) is 5.52 Å². The number of aryl methyl sites for hydroxylation is 1. The van der Waals surface area contributed by atoms with Gasteiger partial charge in [0.25, 0.3) is 0 Å². The van der Waals surface area contributed by atoms with Crippen LogP contribution in [0.25, 0.3) is 10.9 Å². The van der Waals surface area contributed by atoms with Gasteiger partial charge in [0.15, 0.2) is 0 Å². The molecular weight excluding hydrogens is 220 g/mol. The number of aromatic nitrogens is 1. The van der Waals surface area contributed by atoms with E-state index in [4.69, 9.17) is 0 Å². The fourth-order valence-corrected chi connectivity index (χ4v) is 2.29. The van der Waals surface area contributed by atoms with Gasteiger partial charge in [-0.1, -0.05) is 13.8 Å². The molecule has 1 heterocycles. The van der Waals surface area contributed by atoms with Crippen molar-refractivity contribution < 1.29 is 0 Å². The lowest BCUT2D eigenvalue weighted by Crippen LogP contribution is -2.08. The van der Waals surface area contributed by atoms with E-state index in [0.29, 0.717) is 5.92 Å². The minimum absolute atomic E-state index is 0.664. The Morgan fingerprint density at radius 1 is 1.22 bits per heavy atom. The van der Waals surface area contributed by atoms with Crippen molar-refractivity contribution >= 4 is 16.6 Å². The third-order valence-corrected chi connectivity index (χ3v) is 3.31. The Hall–Kier alpha value is -1.57. The van der Waals surface area contributed by atoms with Crippen LogP contribution in [0.5, 0.6) is 0 Å². The van der Waals surface area contributed by atoms with E-state index in [1.807, 2.05) is 6.20 Å². The fourth-order valence-electron chi connectivity index (χ4n) is 2.29. The van der Waals surface area contributed by atoms with Gasteiger partial charge in [-0.3, -0.25) is 4.98 Å². The highest BCUT2D eigenvalue weighted by Gasteiger charge is 2.09. The van der Waals surface area contributed by atoms with Crippen LogP contribution in [0.3, 0.4) is 0 Å². The summed E-state index contributed by atoms with van der Waals surface area (Å²) in [5, 5.41) is 1.30. The van der Waals surface area contributed by atoms with Gasteiger partial charge in [-0.25, -0.2) is 0 Å². The van der Waals surface area contributed by atoms with Crippen molar-refractivity contribution in [1.29, 1.82) is 0 Å². The van der Waals surface area contributed by atoms with E-state index in [-0.39, 0.29) is 0 Å². The second kappa shape index (κ2) is 4.97. The third kappa shape index (κ3) is 2.47. The quantitative estimate of drug-likeness (QED) is 0.813. The Bertz CT molecular complexity index is 556. The van der Waals surface area contributed by atoms with Crippen LogP contribution in [-0.2, 0) is 6.42 Å². The summed E-state index contributed by atoms with van der Waals surface area (Å²) in [7, 11) is 4.15. The van der Waals surface area contributed by atoms with E-state index in [0.717, 1.165) is 11.9 Å². The van der Waals surface area contributed by atoms with E-state index < -0.39 is 0 Å². The van der Waals surface area contributed by atoms with E-state index in [1.165, 1.54) is 22.2 Å². The number of pyridine rings is 1. The van der Waals surface area contributed by atoms with Gasteiger partial charge in [0, 0.05) is 31.4 Å². The van der Waals surface area contributed by atoms with Crippen LogP contribution in [0.15, 0.2) is 24.4 Å². The van der Waals surface area contributed by atoms with Crippen LogP contribution in [0, 0.1) is 12.8 Å². The van der Waals surface area contributed by atoms with Crippen LogP contribution in [0.1, 0.15) is 25.0 Å². The summed E-state index contributed by atoms with van der Waals surface area (Å²) in [6.07, 6.45) is 3.11. The van der Waals surface area contributed by atoms with Crippen molar-refractivity contribution in [3.05, 3.63) is 35.5 Å². The first-order valence-corrected chi connectivity index (χ1v) is 6.54. The zero-order valence-electron chi connectivity index (χ0n) is 12.0. The van der Waals surface area contributed by atoms with Crippen molar-refractivity contribution in [2.45, 2.75) is 27.2 Å². The topological polar surface area (TPSA) is 16.1 Å². The van der Waals surface area contributed by atoms with Gasteiger partial charge in [-0.05, 0) is 48.6 Å². The number of benzene rings is 1. The highest BCUT2D eigenvalue weighted by Crippen LogP contribution is 2.26. The van der Waals surface area contributed by atoms with Gasteiger partial charge in [-0.2, -0.15) is 0 Å². The zero-order chi connectivity index (χ0) is 13.3. The fraction of sp³-hybridized carbons (Fsp3) is 0.438. The maximum absolute atomic E-state index is 4.53. The lowest BCUT2D eigenvalue weighted by Gasteiger charge is -2.16. The molecular formula is C16H22N2.